The molecule has 2 N–H and O–H groups in total. The number of esters is 1. The maximum atomic E-state index is 10.1. The molecule has 3 heteroatoms. The minimum atomic E-state index is -0.345. The molecule has 0 aliphatic rings. The molecule has 0 heterocycles. The van der Waals surface area contributed by atoms with Gasteiger partial charge in [-0.1, -0.05) is 6.08 Å². The molecule has 0 spiro atoms. The van der Waals surface area contributed by atoms with Crippen molar-refractivity contribution in [2.45, 2.75) is 13.8 Å². The van der Waals surface area contributed by atoms with Crippen LogP contribution in [0.1, 0.15) is 13.8 Å². The summed E-state index contributed by atoms with van der Waals surface area (Å²) in [5.74, 6) is -0.345. The molecule has 3 nitrogen and oxygen atoms in total. The van der Waals surface area contributed by atoms with Crippen LogP contribution in [0.25, 0.3) is 0 Å². The Labute approximate surface area is 61.9 Å². The minimum absolute atomic E-state index is 0.0200. The second-order valence-electron chi connectivity index (χ2n) is 1.42. The van der Waals surface area contributed by atoms with E-state index in [1.807, 2.05) is 6.92 Å². The number of allylic oxidation sites excluding steroid dienone is 1. The van der Waals surface area contributed by atoms with Crippen LogP contribution in [-0.2, 0) is 9.53 Å². The van der Waals surface area contributed by atoms with Crippen LogP contribution in [0.5, 0.6) is 0 Å². The lowest BCUT2D eigenvalue weighted by molar-refractivity contribution is -0.141. The molecule has 0 radical (unpaired) electrons. The number of hydrogen-bond donors (Lipinski definition) is 1. The summed E-state index contributed by atoms with van der Waals surface area (Å²) in [7, 11) is 0. The van der Waals surface area contributed by atoms with E-state index in [2.05, 4.69) is 11.3 Å². The van der Waals surface area contributed by atoms with E-state index in [1.165, 1.54) is 0 Å². The van der Waals surface area contributed by atoms with E-state index in [1.54, 1.807) is 13.0 Å². The van der Waals surface area contributed by atoms with Gasteiger partial charge in [0.2, 0.25) is 0 Å². The highest BCUT2D eigenvalue weighted by atomic mass is 16.5. The van der Waals surface area contributed by atoms with Gasteiger partial charge in [0.15, 0.2) is 0 Å². The molecule has 60 valence electrons. The van der Waals surface area contributed by atoms with Crippen molar-refractivity contribution in [3.05, 3.63) is 12.7 Å². The van der Waals surface area contributed by atoms with Crippen molar-refractivity contribution in [2.24, 2.45) is 5.73 Å². The summed E-state index contributed by atoms with van der Waals surface area (Å²) in [6.45, 7) is 7.39. The smallest absolute Gasteiger partial charge is 0.319 e. The highest BCUT2D eigenvalue weighted by molar-refractivity contribution is 5.71. The van der Waals surface area contributed by atoms with Gasteiger partial charge in [-0.2, -0.15) is 0 Å². The molecule has 0 saturated carbocycles. The number of nitrogens with two attached hydrogens (primary N) is 1. The largest absolute Gasteiger partial charge is 0.465 e. The lowest BCUT2D eigenvalue weighted by atomic mass is 10.7. The average molecular weight is 145 g/mol. The van der Waals surface area contributed by atoms with Gasteiger partial charge in [0.25, 0.3) is 0 Å². The van der Waals surface area contributed by atoms with E-state index in [0.717, 1.165) is 0 Å². The Hall–Kier alpha value is -0.830. The Kier molecular flexibility index (Phi) is 13.1. The van der Waals surface area contributed by atoms with Crippen LogP contribution in [-0.4, -0.2) is 19.1 Å². The first kappa shape index (κ1) is 11.9. The van der Waals surface area contributed by atoms with Gasteiger partial charge in [0, 0.05) is 0 Å². The number of hydrogen-bond acceptors (Lipinski definition) is 3. The molecule has 0 unspecified atom stereocenters. The maximum Gasteiger partial charge on any atom is 0.319 e. The van der Waals surface area contributed by atoms with E-state index >= 15 is 0 Å². The van der Waals surface area contributed by atoms with Crippen LogP contribution in [0.15, 0.2) is 12.7 Å². The molecular weight excluding hydrogens is 130 g/mol. The summed E-state index contributed by atoms with van der Waals surface area (Å²) in [5, 5.41) is 0. The van der Waals surface area contributed by atoms with Crippen molar-refractivity contribution < 1.29 is 9.53 Å². The van der Waals surface area contributed by atoms with Crippen molar-refractivity contribution in [3.8, 4) is 0 Å². The van der Waals surface area contributed by atoms with Crippen molar-refractivity contribution in [2.75, 3.05) is 13.2 Å². The Balaban J connectivity index is 0. The molecule has 0 aromatic carbocycles. The number of carbonyl (C=O) groups is 1. The fourth-order valence-electron chi connectivity index (χ4n) is 0.220. The molecule has 0 bridgehead atoms. The van der Waals surface area contributed by atoms with E-state index in [-0.39, 0.29) is 12.5 Å². The predicted octanol–water partition coefficient (Wildman–Crippen LogP) is 0.701. The second kappa shape index (κ2) is 11.0. The number of carbonyl (C=O) groups excluding carboxylic acids is 1. The lowest BCUT2D eigenvalue weighted by Gasteiger charge is -1.93. The standard InChI is InChI=1S/C4H9NO2.C3H6/c1-2-7-4(6)3-5;1-3-2/h2-3,5H2,1H3;3H,1H2,2H3. The Morgan fingerprint density at radius 1 is 1.80 bits per heavy atom. The molecular formula is C7H15NO2. The third-order valence-electron chi connectivity index (χ3n) is 0.472. The fourth-order valence-corrected chi connectivity index (χ4v) is 0.220. The van der Waals surface area contributed by atoms with Crippen molar-refractivity contribution in [3.63, 3.8) is 0 Å². The van der Waals surface area contributed by atoms with E-state index in [4.69, 9.17) is 5.73 Å². The molecule has 10 heavy (non-hydrogen) atoms. The first-order chi connectivity index (χ1) is 4.72. The SMILES string of the molecule is C=CC.CCOC(=O)CN. The normalized spacial score (nSPS) is 7.10. The molecule has 0 aliphatic heterocycles. The zero-order valence-corrected chi connectivity index (χ0v) is 6.59. The Bertz CT molecular complexity index is 91.6. The second-order valence-corrected chi connectivity index (χ2v) is 1.42. The van der Waals surface area contributed by atoms with Crippen LogP contribution in [0.4, 0.5) is 0 Å². The first-order valence-corrected chi connectivity index (χ1v) is 3.15. The van der Waals surface area contributed by atoms with Crippen molar-refractivity contribution in [1.82, 2.24) is 0 Å². The number of ether oxygens (including phenoxy) is 1. The summed E-state index contributed by atoms with van der Waals surface area (Å²) in [6, 6.07) is 0. The van der Waals surface area contributed by atoms with Gasteiger partial charge in [0.1, 0.15) is 0 Å². The van der Waals surface area contributed by atoms with Crippen LogP contribution < -0.4 is 5.73 Å². The van der Waals surface area contributed by atoms with E-state index in [9.17, 15) is 4.79 Å². The van der Waals surface area contributed by atoms with Crippen LogP contribution >= 0.6 is 0 Å². The van der Waals surface area contributed by atoms with Crippen LogP contribution in [0.2, 0.25) is 0 Å². The quantitative estimate of drug-likeness (QED) is 0.459. The van der Waals surface area contributed by atoms with E-state index < -0.39 is 0 Å². The van der Waals surface area contributed by atoms with Crippen molar-refractivity contribution >= 4 is 5.97 Å². The van der Waals surface area contributed by atoms with Gasteiger partial charge < -0.3 is 10.5 Å². The molecule has 0 fully saturated rings. The number of rotatable bonds is 2. The molecule has 0 amide bonds. The Morgan fingerprint density at radius 3 is 2.30 bits per heavy atom. The molecule has 0 saturated heterocycles. The van der Waals surface area contributed by atoms with Gasteiger partial charge in [-0.05, 0) is 13.8 Å². The summed E-state index contributed by atoms with van der Waals surface area (Å²) >= 11 is 0. The van der Waals surface area contributed by atoms with Gasteiger partial charge in [-0.3, -0.25) is 4.79 Å². The zero-order valence-electron chi connectivity index (χ0n) is 6.59. The molecule has 0 atom stereocenters. The monoisotopic (exact) mass is 145 g/mol. The summed E-state index contributed by atoms with van der Waals surface area (Å²) < 4.78 is 4.43. The summed E-state index contributed by atoms with van der Waals surface area (Å²) in [5.41, 5.74) is 4.88. The van der Waals surface area contributed by atoms with Crippen LogP contribution in [0, 0.1) is 0 Å². The van der Waals surface area contributed by atoms with Gasteiger partial charge in [0.05, 0.1) is 13.2 Å². The maximum absolute atomic E-state index is 10.1. The zero-order chi connectivity index (χ0) is 8.41. The average Bonchev–Trinajstić information content (AvgIpc) is 1.90. The summed E-state index contributed by atoms with van der Waals surface area (Å²) in [6.07, 6.45) is 1.75. The highest BCUT2D eigenvalue weighted by Gasteiger charge is 1.91. The third kappa shape index (κ3) is 15.7. The van der Waals surface area contributed by atoms with Gasteiger partial charge >= 0.3 is 5.97 Å². The fraction of sp³-hybridized carbons (Fsp3) is 0.571. The minimum Gasteiger partial charge on any atom is -0.465 e. The molecule has 0 rings (SSSR count). The van der Waals surface area contributed by atoms with Crippen molar-refractivity contribution in [1.29, 1.82) is 0 Å². The predicted molar refractivity (Wildman–Crippen MR) is 41.6 cm³/mol. The molecule has 0 aromatic heterocycles. The van der Waals surface area contributed by atoms with E-state index in [0.29, 0.717) is 6.61 Å². The molecule has 0 aliphatic carbocycles. The lowest BCUT2D eigenvalue weighted by Crippen LogP contribution is -2.16. The Morgan fingerprint density at radius 2 is 2.20 bits per heavy atom. The third-order valence-corrected chi connectivity index (χ3v) is 0.472. The molecule has 0 aromatic rings. The summed E-state index contributed by atoms with van der Waals surface area (Å²) in [4.78, 5) is 10.1. The van der Waals surface area contributed by atoms with Crippen LogP contribution in [0.3, 0.4) is 0 Å². The van der Waals surface area contributed by atoms with Gasteiger partial charge in [-0.15, -0.1) is 6.58 Å². The van der Waals surface area contributed by atoms with Gasteiger partial charge in [-0.25, -0.2) is 0 Å². The highest BCUT2D eigenvalue weighted by Crippen LogP contribution is 1.69. The first-order valence-electron chi connectivity index (χ1n) is 3.15. The topological polar surface area (TPSA) is 52.3 Å².